The van der Waals surface area contributed by atoms with Gasteiger partial charge in [-0.25, -0.2) is 4.98 Å². The summed E-state index contributed by atoms with van der Waals surface area (Å²) in [5, 5.41) is 1.12. The summed E-state index contributed by atoms with van der Waals surface area (Å²) < 4.78 is 11.6. The zero-order valence-corrected chi connectivity index (χ0v) is 17.8. The average molecular weight is 389 g/mol. The van der Waals surface area contributed by atoms with Crippen LogP contribution in [0, 0.1) is 0 Å². The van der Waals surface area contributed by atoms with Crippen molar-refractivity contribution in [3.63, 3.8) is 0 Å². The van der Waals surface area contributed by atoms with Crippen molar-refractivity contribution >= 4 is 11.3 Å². The molecule has 1 heterocycles. The first-order valence-electron chi connectivity index (χ1n) is 10.0. The van der Waals surface area contributed by atoms with Crippen molar-refractivity contribution in [1.29, 1.82) is 0 Å². The fourth-order valence-electron chi connectivity index (χ4n) is 3.93. The second kappa shape index (κ2) is 9.07. The lowest BCUT2D eigenvalue weighted by Crippen LogP contribution is -2.05. The highest BCUT2D eigenvalue weighted by molar-refractivity contribution is 7.12. The number of hydrogen-bond acceptors (Lipinski definition) is 5. The molecule has 2 N–H and O–H groups in total. The van der Waals surface area contributed by atoms with E-state index in [1.165, 1.54) is 42.5 Å². The zero-order valence-electron chi connectivity index (χ0n) is 17.0. The van der Waals surface area contributed by atoms with Crippen molar-refractivity contribution in [2.24, 2.45) is 5.73 Å². The molecule has 2 aromatic rings. The van der Waals surface area contributed by atoms with Crippen LogP contribution in [0.4, 0.5) is 0 Å². The monoisotopic (exact) mass is 388 g/mol. The minimum atomic E-state index is 0.405. The van der Waals surface area contributed by atoms with Gasteiger partial charge in [0.1, 0.15) is 11.5 Å². The van der Waals surface area contributed by atoms with Crippen molar-refractivity contribution in [3.05, 3.63) is 27.6 Å². The number of aromatic nitrogens is 1. The lowest BCUT2D eigenvalue weighted by molar-refractivity contribution is 0.395. The van der Waals surface area contributed by atoms with Crippen LogP contribution in [-0.2, 0) is 6.42 Å². The quantitative estimate of drug-likeness (QED) is 0.680. The van der Waals surface area contributed by atoms with Crippen LogP contribution in [0.5, 0.6) is 11.5 Å². The minimum absolute atomic E-state index is 0.405. The van der Waals surface area contributed by atoms with Gasteiger partial charge in [0.2, 0.25) is 0 Å². The summed E-state index contributed by atoms with van der Waals surface area (Å²) in [4.78, 5) is 6.40. The standard InChI is InChI=1S/C22H32N2O2S/c1-14(2)16-12-17(25-3)20(18(13-16)26-4)21-22(15-8-6-5-7-9-15)27-19(24-21)10-11-23/h12-15H,5-11,23H2,1-4H3. The van der Waals surface area contributed by atoms with E-state index >= 15 is 0 Å². The topological polar surface area (TPSA) is 57.4 Å². The van der Waals surface area contributed by atoms with Gasteiger partial charge >= 0.3 is 0 Å². The summed E-state index contributed by atoms with van der Waals surface area (Å²) in [5.74, 6) is 2.68. The van der Waals surface area contributed by atoms with Gasteiger partial charge in [0.25, 0.3) is 0 Å². The molecule has 0 spiro atoms. The second-order valence-corrected chi connectivity index (χ2v) is 8.76. The first-order valence-corrected chi connectivity index (χ1v) is 10.9. The molecule has 0 atom stereocenters. The van der Waals surface area contributed by atoms with Crippen LogP contribution < -0.4 is 15.2 Å². The molecule has 5 heteroatoms. The van der Waals surface area contributed by atoms with Crippen LogP contribution in [0.3, 0.4) is 0 Å². The van der Waals surface area contributed by atoms with Crippen LogP contribution in [0.15, 0.2) is 12.1 Å². The summed E-state index contributed by atoms with van der Waals surface area (Å²) in [7, 11) is 3.46. The van der Waals surface area contributed by atoms with Gasteiger partial charge in [-0.05, 0) is 48.9 Å². The summed E-state index contributed by atoms with van der Waals surface area (Å²) in [6, 6.07) is 4.27. The highest BCUT2D eigenvalue weighted by Crippen LogP contribution is 2.47. The third-order valence-corrected chi connectivity index (χ3v) is 6.74. The van der Waals surface area contributed by atoms with Gasteiger partial charge in [0.15, 0.2) is 0 Å². The van der Waals surface area contributed by atoms with Crippen molar-refractivity contribution in [3.8, 4) is 22.8 Å². The van der Waals surface area contributed by atoms with E-state index in [1.54, 1.807) is 14.2 Å². The Labute approximate surface area is 167 Å². The van der Waals surface area contributed by atoms with Crippen LogP contribution in [0.1, 0.15) is 73.2 Å². The van der Waals surface area contributed by atoms with Crippen molar-refractivity contribution < 1.29 is 9.47 Å². The molecule has 148 valence electrons. The van der Waals surface area contributed by atoms with Crippen LogP contribution in [-0.4, -0.2) is 25.7 Å². The Kier molecular flexibility index (Phi) is 6.77. The summed E-state index contributed by atoms with van der Waals surface area (Å²) in [6.07, 6.45) is 7.25. The molecular weight excluding hydrogens is 356 g/mol. The maximum absolute atomic E-state index is 5.82. The fraction of sp³-hybridized carbons (Fsp3) is 0.591. The smallest absolute Gasteiger partial charge is 0.132 e. The molecule has 1 fully saturated rings. The maximum Gasteiger partial charge on any atom is 0.132 e. The molecule has 0 unspecified atom stereocenters. The molecule has 4 nitrogen and oxygen atoms in total. The van der Waals surface area contributed by atoms with Gasteiger partial charge in [-0.2, -0.15) is 0 Å². The Balaban J connectivity index is 2.16. The predicted molar refractivity (Wildman–Crippen MR) is 113 cm³/mol. The summed E-state index contributed by atoms with van der Waals surface area (Å²) in [6.45, 7) is 4.99. The molecule has 0 bridgehead atoms. The SMILES string of the molecule is COc1cc(C(C)C)cc(OC)c1-c1nc(CCN)sc1C1CCCCC1. The maximum atomic E-state index is 5.82. The Hall–Kier alpha value is -1.59. The van der Waals surface area contributed by atoms with Gasteiger partial charge in [0.05, 0.1) is 30.5 Å². The number of thiazole rings is 1. The van der Waals surface area contributed by atoms with E-state index < -0.39 is 0 Å². The zero-order chi connectivity index (χ0) is 19.4. The molecule has 0 amide bonds. The highest BCUT2D eigenvalue weighted by atomic mass is 32.1. The minimum Gasteiger partial charge on any atom is -0.496 e. The van der Waals surface area contributed by atoms with Gasteiger partial charge in [-0.3, -0.25) is 0 Å². The van der Waals surface area contributed by atoms with E-state index in [0.29, 0.717) is 18.4 Å². The molecule has 0 aliphatic heterocycles. The van der Waals surface area contributed by atoms with Gasteiger partial charge in [-0.1, -0.05) is 33.1 Å². The third kappa shape index (κ3) is 4.30. The van der Waals surface area contributed by atoms with E-state index in [9.17, 15) is 0 Å². The van der Waals surface area contributed by atoms with Gasteiger partial charge in [-0.15, -0.1) is 11.3 Å². The van der Waals surface area contributed by atoms with Gasteiger partial charge < -0.3 is 15.2 Å². The molecule has 1 aliphatic carbocycles. The number of benzene rings is 1. The molecule has 1 aromatic carbocycles. The number of hydrogen-bond donors (Lipinski definition) is 1. The number of nitrogens with two attached hydrogens (primary N) is 1. The molecule has 1 aliphatic rings. The predicted octanol–water partition coefficient (Wildman–Crippen LogP) is 5.50. The molecule has 1 aromatic heterocycles. The van der Waals surface area contributed by atoms with E-state index in [2.05, 4.69) is 26.0 Å². The van der Waals surface area contributed by atoms with Crippen LogP contribution in [0.2, 0.25) is 0 Å². The largest absolute Gasteiger partial charge is 0.496 e. The van der Waals surface area contributed by atoms with Crippen molar-refractivity contribution in [1.82, 2.24) is 4.98 Å². The van der Waals surface area contributed by atoms with Gasteiger partial charge in [0, 0.05) is 11.3 Å². The van der Waals surface area contributed by atoms with Crippen LogP contribution in [0.25, 0.3) is 11.3 Å². The summed E-state index contributed by atoms with van der Waals surface area (Å²) in [5.41, 5.74) is 9.06. The Morgan fingerprint density at radius 3 is 2.26 bits per heavy atom. The third-order valence-electron chi connectivity index (χ3n) is 5.46. The molecule has 0 radical (unpaired) electrons. The molecular formula is C22H32N2O2S. The Bertz CT molecular complexity index is 739. The first kappa shape index (κ1) is 20.2. The molecule has 0 saturated heterocycles. The molecule has 3 rings (SSSR count). The van der Waals surface area contributed by atoms with Crippen molar-refractivity contribution in [2.75, 3.05) is 20.8 Å². The van der Waals surface area contributed by atoms with E-state index in [1.807, 2.05) is 11.3 Å². The van der Waals surface area contributed by atoms with Crippen molar-refractivity contribution in [2.45, 2.75) is 64.2 Å². The van der Waals surface area contributed by atoms with E-state index in [-0.39, 0.29) is 0 Å². The first-order chi connectivity index (χ1) is 13.1. The number of ether oxygens (including phenoxy) is 2. The van der Waals surface area contributed by atoms with Crippen LogP contribution >= 0.6 is 11.3 Å². The molecule has 1 saturated carbocycles. The second-order valence-electron chi connectivity index (χ2n) is 7.65. The Morgan fingerprint density at radius 2 is 1.74 bits per heavy atom. The fourth-order valence-corrected chi connectivity index (χ4v) is 5.19. The normalized spacial score (nSPS) is 15.3. The highest BCUT2D eigenvalue weighted by Gasteiger charge is 2.27. The number of nitrogens with zero attached hydrogens (tertiary/aromatic N) is 1. The summed E-state index contributed by atoms with van der Waals surface area (Å²) >= 11 is 1.83. The molecule has 27 heavy (non-hydrogen) atoms. The lowest BCUT2D eigenvalue weighted by atomic mass is 9.86. The Morgan fingerprint density at radius 1 is 1.11 bits per heavy atom. The lowest BCUT2D eigenvalue weighted by Gasteiger charge is -2.22. The van der Waals surface area contributed by atoms with E-state index in [0.717, 1.165) is 34.2 Å². The number of methoxy groups -OCH3 is 2. The van der Waals surface area contributed by atoms with E-state index in [4.69, 9.17) is 20.2 Å². The number of rotatable bonds is 7. The average Bonchev–Trinajstić information content (AvgIpc) is 3.11.